The number of nitrogens with zero attached hydrogens (tertiary/aromatic N) is 2. The highest BCUT2D eigenvalue weighted by atomic mass is 16.5. The standard InChI is InChI=1S/C22H24N2O2.2C2H6/c1-7-21(25-5)11-9-17(3)13-19(15-23)20(16-24)14-18(4)10-12-22(8-2)26-6;2*1-2/h7-14H,1-2H2,3-6H3;2*1-2H3/b17-9+,18-10+,19-13+,20-14+,21-11+,22-12+;;. The molecule has 0 amide bonds. The van der Waals surface area contributed by atoms with Crippen LogP contribution >= 0.6 is 0 Å². The first-order valence-electron chi connectivity index (χ1n) is 9.79. The van der Waals surface area contributed by atoms with Gasteiger partial charge in [-0.2, -0.15) is 10.5 Å². The van der Waals surface area contributed by atoms with Gasteiger partial charge in [-0.3, -0.25) is 0 Å². The van der Waals surface area contributed by atoms with Crippen LogP contribution in [0.2, 0.25) is 0 Å². The molecule has 0 aliphatic rings. The quantitative estimate of drug-likeness (QED) is 0.229. The Kier molecular flexibility index (Phi) is 22.7. The Labute approximate surface area is 183 Å². The SMILES string of the molecule is C=C\C(=C/C=C(C)/C=C(C#N)/C(C#N)=C/C(C)=C/C=C(\C=C)OC)OC.CC.CC. The molecule has 0 unspecified atom stereocenters. The Hall–Kier alpha value is -3.50. The molecular formula is C26H36N2O2. The van der Waals surface area contributed by atoms with Crippen LogP contribution in [0, 0.1) is 22.7 Å². The van der Waals surface area contributed by atoms with Gasteiger partial charge >= 0.3 is 0 Å². The van der Waals surface area contributed by atoms with E-state index < -0.39 is 0 Å². The minimum Gasteiger partial charge on any atom is -0.497 e. The van der Waals surface area contributed by atoms with E-state index in [1.54, 1.807) is 62.8 Å². The van der Waals surface area contributed by atoms with Crippen LogP contribution in [0.5, 0.6) is 0 Å². The summed E-state index contributed by atoms with van der Waals surface area (Å²) in [6.45, 7) is 18.9. The summed E-state index contributed by atoms with van der Waals surface area (Å²) >= 11 is 0. The summed E-state index contributed by atoms with van der Waals surface area (Å²) in [6.07, 6.45) is 13.5. The van der Waals surface area contributed by atoms with Gasteiger partial charge in [0, 0.05) is 0 Å². The van der Waals surface area contributed by atoms with Gasteiger partial charge in [0.15, 0.2) is 0 Å². The molecule has 0 aliphatic carbocycles. The summed E-state index contributed by atoms with van der Waals surface area (Å²) < 4.78 is 10.2. The second-order valence-corrected chi connectivity index (χ2v) is 5.12. The molecule has 0 aromatic carbocycles. The molecule has 0 rings (SSSR count). The zero-order valence-corrected chi connectivity index (χ0v) is 19.7. The van der Waals surface area contributed by atoms with E-state index in [9.17, 15) is 10.5 Å². The van der Waals surface area contributed by atoms with Crippen molar-refractivity contribution < 1.29 is 9.47 Å². The van der Waals surface area contributed by atoms with Gasteiger partial charge in [0.05, 0.1) is 25.4 Å². The minimum absolute atomic E-state index is 0.277. The van der Waals surface area contributed by atoms with Gasteiger partial charge in [-0.25, -0.2) is 0 Å². The maximum atomic E-state index is 9.39. The molecule has 0 bridgehead atoms. The van der Waals surface area contributed by atoms with Gasteiger partial charge in [0.25, 0.3) is 0 Å². The van der Waals surface area contributed by atoms with Crippen LogP contribution in [0.25, 0.3) is 0 Å². The summed E-state index contributed by atoms with van der Waals surface area (Å²) in [5.41, 5.74) is 2.15. The van der Waals surface area contributed by atoms with Gasteiger partial charge in [0.1, 0.15) is 23.7 Å². The average Bonchev–Trinajstić information content (AvgIpc) is 2.80. The van der Waals surface area contributed by atoms with Crippen molar-refractivity contribution in [2.24, 2.45) is 0 Å². The fourth-order valence-electron chi connectivity index (χ4n) is 1.76. The zero-order valence-electron chi connectivity index (χ0n) is 19.7. The fraction of sp³-hybridized carbons (Fsp3) is 0.308. The van der Waals surface area contributed by atoms with Crippen LogP contribution in [0.15, 0.2) is 95.6 Å². The normalized spacial score (nSPS) is 12.7. The molecule has 0 saturated carbocycles. The van der Waals surface area contributed by atoms with Crippen molar-refractivity contribution in [3.63, 3.8) is 0 Å². The molecule has 162 valence electrons. The first-order valence-corrected chi connectivity index (χ1v) is 9.79. The van der Waals surface area contributed by atoms with Crippen molar-refractivity contribution >= 4 is 0 Å². The van der Waals surface area contributed by atoms with Crippen molar-refractivity contribution in [3.8, 4) is 12.1 Å². The molecule has 0 atom stereocenters. The predicted octanol–water partition coefficient (Wildman–Crippen LogP) is 7.26. The Balaban J connectivity index is -0.00000171. The number of hydrogen-bond donors (Lipinski definition) is 0. The monoisotopic (exact) mass is 408 g/mol. The van der Waals surface area contributed by atoms with Crippen LogP contribution in [-0.4, -0.2) is 14.2 Å². The Bertz CT molecular complexity index is 722. The predicted molar refractivity (Wildman–Crippen MR) is 128 cm³/mol. The largest absolute Gasteiger partial charge is 0.497 e. The lowest BCUT2D eigenvalue weighted by Crippen LogP contribution is -1.87. The van der Waals surface area contributed by atoms with Gasteiger partial charge in [0.2, 0.25) is 0 Å². The molecule has 30 heavy (non-hydrogen) atoms. The van der Waals surface area contributed by atoms with E-state index in [4.69, 9.17) is 9.47 Å². The first kappa shape index (κ1) is 31.2. The smallest absolute Gasteiger partial charge is 0.118 e. The highest BCUT2D eigenvalue weighted by Gasteiger charge is 2.04. The third-order valence-electron chi connectivity index (χ3n) is 3.17. The van der Waals surface area contributed by atoms with E-state index in [-0.39, 0.29) is 11.1 Å². The second-order valence-electron chi connectivity index (χ2n) is 5.12. The summed E-state index contributed by atoms with van der Waals surface area (Å²) in [5.74, 6) is 1.21. The molecular weight excluding hydrogens is 372 g/mol. The molecule has 4 nitrogen and oxygen atoms in total. The van der Waals surface area contributed by atoms with E-state index >= 15 is 0 Å². The molecule has 0 aromatic heterocycles. The summed E-state index contributed by atoms with van der Waals surface area (Å²) in [7, 11) is 3.10. The number of methoxy groups -OCH3 is 2. The maximum absolute atomic E-state index is 9.39. The summed E-state index contributed by atoms with van der Waals surface area (Å²) in [4.78, 5) is 0. The number of ether oxygens (including phenoxy) is 2. The number of rotatable bonds is 9. The highest BCUT2D eigenvalue weighted by molar-refractivity contribution is 5.55. The van der Waals surface area contributed by atoms with Gasteiger partial charge in [-0.15, -0.1) is 0 Å². The lowest BCUT2D eigenvalue weighted by Gasteiger charge is -2.00. The molecule has 0 spiro atoms. The van der Waals surface area contributed by atoms with Crippen LogP contribution in [0.4, 0.5) is 0 Å². The van der Waals surface area contributed by atoms with Crippen LogP contribution < -0.4 is 0 Å². The van der Waals surface area contributed by atoms with E-state index in [2.05, 4.69) is 25.3 Å². The maximum Gasteiger partial charge on any atom is 0.118 e. The number of allylic oxidation sites excluding steroid dienone is 12. The minimum atomic E-state index is 0.277. The fourth-order valence-corrected chi connectivity index (χ4v) is 1.76. The molecule has 0 saturated heterocycles. The van der Waals surface area contributed by atoms with Crippen molar-refractivity contribution in [1.82, 2.24) is 0 Å². The van der Waals surface area contributed by atoms with E-state index in [1.807, 2.05) is 41.5 Å². The summed E-state index contributed by atoms with van der Waals surface area (Å²) in [5, 5.41) is 18.8. The number of nitriles is 2. The highest BCUT2D eigenvalue weighted by Crippen LogP contribution is 2.15. The van der Waals surface area contributed by atoms with Crippen LogP contribution in [0.3, 0.4) is 0 Å². The van der Waals surface area contributed by atoms with Gasteiger partial charge < -0.3 is 9.47 Å². The number of hydrogen-bond acceptors (Lipinski definition) is 4. The van der Waals surface area contributed by atoms with E-state index in [0.717, 1.165) is 11.1 Å². The van der Waals surface area contributed by atoms with Gasteiger partial charge in [-0.1, -0.05) is 53.0 Å². The molecule has 0 radical (unpaired) electrons. The van der Waals surface area contributed by atoms with Crippen LogP contribution in [0.1, 0.15) is 41.5 Å². The topological polar surface area (TPSA) is 66.0 Å². The van der Waals surface area contributed by atoms with Crippen molar-refractivity contribution in [2.75, 3.05) is 14.2 Å². The second kappa shape index (κ2) is 21.8. The first-order chi connectivity index (χ1) is 14.4. The van der Waals surface area contributed by atoms with Crippen molar-refractivity contribution in [2.45, 2.75) is 41.5 Å². The lowest BCUT2D eigenvalue weighted by molar-refractivity contribution is 0.307. The molecule has 0 aromatic rings. The van der Waals surface area contributed by atoms with E-state index in [1.165, 1.54) is 0 Å². The Morgan fingerprint density at radius 3 is 1.17 bits per heavy atom. The van der Waals surface area contributed by atoms with Gasteiger partial charge in [-0.05, 0) is 61.4 Å². The Morgan fingerprint density at radius 2 is 0.967 bits per heavy atom. The molecule has 0 heterocycles. The van der Waals surface area contributed by atoms with Crippen molar-refractivity contribution in [3.05, 3.63) is 95.6 Å². The average molecular weight is 409 g/mol. The Morgan fingerprint density at radius 1 is 0.667 bits per heavy atom. The van der Waals surface area contributed by atoms with Crippen molar-refractivity contribution in [1.29, 1.82) is 10.5 Å². The van der Waals surface area contributed by atoms with Crippen LogP contribution in [-0.2, 0) is 9.47 Å². The molecule has 0 fully saturated rings. The third-order valence-corrected chi connectivity index (χ3v) is 3.17. The summed E-state index contributed by atoms with van der Waals surface area (Å²) in [6, 6.07) is 4.13. The molecule has 0 N–H and O–H groups in total. The zero-order chi connectivity index (χ0) is 23.9. The lowest BCUT2D eigenvalue weighted by atomic mass is 10.0. The van der Waals surface area contributed by atoms with E-state index in [0.29, 0.717) is 11.5 Å². The molecule has 4 heteroatoms. The molecule has 0 aliphatic heterocycles. The third kappa shape index (κ3) is 14.5.